The van der Waals surface area contributed by atoms with E-state index in [9.17, 15) is 9.50 Å². The molecule has 0 spiro atoms. The molecule has 1 aromatic carbocycles. The largest absolute Gasteiger partial charge is 0.394 e. The molecule has 4 heteroatoms. The maximum absolute atomic E-state index is 12.8. The van der Waals surface area contributed by atoms with Crippen LogP contribution in [0.1, 0.15) is 12.8 Å². The highest BCUT2D eigenvalue weighted by Crippen LogP contribution is 2.29. The van der Waals surface area contributed by atoms with Gasteiger partial charge in [-0.25, -0.2) is 4.39 Å². The van der Waals surface area contributed by atoms with Crippen LogP contribution in [0.15, 0.2) is 24.3 Å². The fourth-order valence-corrected chi connectivity index (χ4v) is 3.15. The Bertz CT molecular complexity index is 335. The average Bonchev–Trinajstić information content (AvgIpc) is 2.33. The second-order valence-corrected chi connectivity index (χ2v) is 5.33. The minimum Gasteiger partial charge on any atom is -0.394 e. The molecule has 2 rings (SSSR count). The quantitative estimate of drug-likeness (QED) is 0.852. The summed E-state index contributed by atoms with van der Waals surface area (Å²) in [4.78, 5) is 0. The molecule has 0 radical (unpaired) electrons. The third-order valence-electron chi connectivity index (χ3n) is 2.88. The minimum atomic E-state index is -0.235. The molecule has 1 saturated heterocycles. The van der Waals surface area contributed by atoms with E-state index in [1.54, 1.807) is 12.1 Å². The molecule has 0 amide bonds. The van der Waals surface area contributed by atoms with E-state index < -0.39 is 0 Å². The number of anilines is 1. The zero-order valence-electron chi connectivity index (χ0n) is 9.08. The van der Waals surface area contributed by atoms with Crippen LogP contribution < -0.4 is 5.32 Å². The highest BCUT2D eigenvalue weighted by molar-refractivity contribution is 7.99. The van der Waals surface area contributed by atoms with Gasteiger partial charge in [-0.2, -0.15) is 11.8 Å². The molecule has 1 aliphatic heterocycles. The zero-order valence-corrected chi connectivity index (χ0v) is 9.89. The number of halogens is 1. The summed E-state index contributed by atoms with van der Waals surface area (Å²) in [6.45, 7) is 0.122. The molecular formula is C12H16FNOS. The van der Waals surface area contributed by atoms with E-state index in [0.717, 1.165) is 30.0 Å². The van der Waals surface area contributed by atoms with Crippen LogP contribution >= 0.6 is 11.8 Å². The maximum atomic E-state index is 12.8. The van der Waals surface area contributed by atoms with Crippen LogP contribution in [0.25, 0.3) is 0 Å². The van der Waals surface area contributed by atoms with Gasteiger partial charge in [-0.1, -0.05) is 0 Å². The number of nitrogens with one attached hydrogen (secondary N) is 1. The highest BCUT2D eigenvalue weighted by Gasteiger charge is 2.31. The molecule has 88 valence electrons. The Hall–Kier alpha value is -0.740. The zero-order chi connectivity index (χ0) is 11.4. The van der Waals surface area contributed by atoms with Crippen molar-refractivity contribution >= 4 is 17.4 Å². The Morgan fingerprint density at radius 2 is 2.12 bits per heavy atom. The van der Waals surface area contributed by atoms with Gasteiger partial charge in [0.2, 0.25) is 0 Å². The van der Waals surface area contributed by atoms with Crippen LogP contribution in [0.4, 0.5) is 10.1 Å². The summed E-state index contributed by atoms with van der Waals surface area (Å²) in [5, 5.41) is 12.8. The van der Waals surface area contributed by atoms with Gasteiger partial charge in [0.25, 0.3) is 0 Å². The van der Waals surface area contributed by atoms with Gasteiger partial charge in [0, 0.05) is 11.4 Å². The molecule has 2 N–H and O–H groups in total. The van der Waals surface area contributed by atoms with Gasteiger partial charge in [-0.05, 0) is 42.9 Å². The van der Waals surface area contributed by atoms with Crippen molar-refractivity contribution in [1.29, 1.82) is 0 Å². The molecule has 0 aromatic heterocycles. The topological polar surface area (TPSA) is 32.3 Å². The summed E-state index contributed by atoms with van der Waals surface area (Å²) >= 11 is 1.85. The van der Waals surface area contributed by atoms with Crippen molar-refractivity contribution in [3.05, 3.63) is 30.1 Å². The van der Waals surface area contributed by atoms with Crippen LogP contribution in [0.2, 0.25) is 0 Å². The molecule has 1 atom stereocenters. The lowest BCUT2D eigenvalue weighted by molar-refractivity contribution is 0.215. The summed E-state index contributed by atoms with van der Waals surface area (Å²) in [6.07, 6.45) is 2.08. The van der Waals surface area contributed by atoms with Crippen LogP contribution in [0.5, 0.6) is 0 Å². The molecule has 1 aliphatic rings. The first-order valence-corrected chi connectivity index (χ1v) is 6.62. The van der Waals surface area contributed by atoms with Gasteiger partial charge in [0.1, 0.15) is 5.82 Å². The first-order chi connectivity index (χ1) is 7.74. The number of hydrogen-bond donors (Lipinski definition) is 2. The number of hydrogen-bond acceptors (Lipinski definition) is 3. The minimum absolute atomic E-state index is 0.122. The first kappa shape index (κ1) is 11.7. The van der Waals surface area contributed by atoms with Gasteiger partial charge in [-0.15, -0.1) is 0 Å². The fourth-order valence-electron chi connectivity index (χ4n) is 1.95. The SMILES string of the molecule is OCC1(Nc2ccc(F)cc2)CCCSC1. The van der Waals surface area contributed by atoms with Gasteiger partial charge in [0.05, 0.1) is 12.1 Å². The molecule has 1 aromatic rings. The van der Waals surface area contributed by atoms with E-state index >= 15 is 0 Å². The van der Waals surface area contributed by atoms with E-state index in [4.69, 9.17) is 0 Å². The predicted octanol–water partition coefficient (Wildman–Crippen LogP) is 2.50. The smallest absolute Gasteiger partial charge is 0.123 e. The Balaban J connectivity index is 2.08. The van der Waals surface area contributed by atoms with E-state index in [1.807, 2.05) is 11.8 Å². The number of benzene rings is 1. The van der Waals surface area contributed by atoms with Gasteiger partial charge in [0.15, 0.2) is 0 Å². The molecule has 0 saturated carbocycles. The second kappa shape index (κ2) is 5.06. The molecule has 2 nitrogen and oxygen atoms in total. The standard InChI is InChI=1S/C12H16FNOS/c13-10-2-4-11(5-3-10)14-12(8-15)6-1-7-16-9-12/h2-5,14-15H,1,6-9H2. The summed E-state index contributed by atoms with van der Waals surface area (Å²) in [7, 11) is 0. The average molecular weight is 241 g/mol. The van der Waals surface area contributed by atoms with Crippen molar-refractivity contribution in [2.24, 2.45) is 0 Å². The Morgan fingerprint density at radius 3 is 2.69 bits per heavy atom. The highest BCUT2D eigenvalue weighted by atomic mass is 32.2. The number of rotatable bonds is 3. The summed E-state index contributed by atoms with van der Waals surface area (Å²) in [6, 6.07) is 6.30. The summed E-state index contributed by atoms with van der Waals surface area (Å²) in [5.41, 5.74) is 0.638. The first-order valence-electron chi connectivity index (χ1n) is 5.46. The van der Waals surface area contributed by atoms with E-state index in [0.29, 0.717) is 0 Å². The van der Waals surface area contributed by atoms with Gasteiger partial charge < -0.3 is 10.4 Å². The Morgan fingerprint density at radius 1 is 1.38 bits per heavy atom. The van der Waals surface area contributed by atoms with Crippen LogP contribution in [0.3, 0.4) is 0 Å². The number of aliphatic hydroxyl groups excluding tert-OH is 1. The van der Waals surface area contributed by atoms with E-state index in [1.165, 1.54) is 12.1 Å². The lowest BCUT2D eigenvalue weighted by atomic mass is 9.96. The number of thioether (sulfide) groups is 1. The molecule has 0 bridgehead atoms. The predicted molar refractivity (Wildman–Crippen MR) is 66.4 cm³/mol. The van der Waals surface area contributed by atoms with E-state index in [-0.39, 0.29) is 18.0 Å². The van der Waals surface area contributed by atoms with Crippen LogP contribution in [0, 0.1) is 5.82 Å². The summed E-state index contributed by atoms with van der Waals surface area (Å²) in [5.74, 6) is 1.83. The van der Waals surface area contributed by atoms with Crippen molar-refractivity contribution in [2.45, 2.75) is 18.4 Å². The third-order valence-corrected chi connectivity index (χ3v) is 4.21. The third kappa shape index (κ3) is 2.68. The lowest BCUT2D eigenvalue weighted by Crippen LogP contribution is -2.46. The van der Waals surface area contributed by atoms with Crippen molar-refractivity contribution in [2.75, 3.05) is 23.4 Å². The van der Waals surface area contributed by atoms with Gasteiger partial charge in [-0.3, -0.25) is 0 Å². The normalized spacial score (nSPS) is 25.4. The molecule has 1 heterocycles. The van der Waals surface area contributed by atoms with E-state index in [2.05, 4.69) is 5.32 Å². The second-order valence-electron chi connectivity index (χ2n) is 4.23. The summed E-state index contributed by atoms with van der Waals surface area (Å²) < 4.78 is 12.8. The van der Waals surface area contributed by atoms with Crippen molar-refractivity contribution in [3.63, 3.8) is 0 Å². The molecule has 1 fully saturated rings. The molecular weight excluding hydrogens is 225 g/mol. The maximum Gasteiger partial charge on any atom is 0.123 e. The lowest BCUT2D eigenvalue weighted by Gasteiger charge is -2.37. The van der Waals surface area contributed by atoms with Crippen molar-refractivity contribution in [3.8, 4) is 0 Å². The Labute approximate surface area is 99.2 Å². The fraction of sp³-hybridized carbons (Fsp3) is 0.500. The molecule has 16 heavy (non-hydrogen) atoms. The Kier molecular flexibility index (Phi) is 3.71. The van der Waals surface area contributed by atoms with Crippen LogP contribution in [-0.4, -0.2) is 28.8 Å². The number of aliphatic hydroxyl groups is 1. The molecule has 0 aliphatic carbocycles. The van der Waals surface area contributed by atoms with Crippen molar-refractivity contribution in [1.82, 2.24) is 0 Å². The van der Waals surface area contributed by atoms with Crippen molar-refractivity contribution < 1.29 is 9.50 Å². The van der Waals surface area contributed by atoms with Crippen LogP contribution in [-0.2, 0) is 0 Å². The monoisotopic (exact) mass is 241 g/mol. The molecule has 1 unspecified atom stereocenters. The van der Waals surface area contributed by atoms with Gasteiger partial charge >= 0.3 is 0 Å².